The number of hydrogen-bond donors (Lipinski definition) is 4. The Labute approximate surface area is 229 Å². The largest absolute Gasteiger partial charge is 0.354 e. The Bertz CT molecular complexity index is 1620. The molecule has 1 aliphatic heterocycles. The number of hydrogen-bond acceptors (Lipinski definition) is 8. The molecule has 1 amide bonds. The number of anilines is 2. The van der Waals surface area contributed by atoms with Gasteiger partial charge in [-0.15, -0.1) is 0 Å². The van der Waals surface area contributed by atoms with Gasteiger partial charge in [0.25, 0.3) is 10.0 Å². The van der Waals surface area contributed by atoms with Gasteiger partial charge in [-0.1, -0.05) is 12.1 Å². The molecule has 2 heterocycles. The summed E-state index contributed by atoms with van der Waals surface area (Å²) in [7, 11) is -0.637. The van der Waals surface area contributed by atoms with E-state index in [4.69, 9.17) is 5.26 Å². The number of fused-ring (bicyclic) bond motifs is 1. The van der Waals surface area contributed by atoms with Crippen LogP contribution in [-0.4, -0.2) is 51.4 Å². The summed E-state index contributed by atoms with van der Waals surface area (Å²) in [5, 5.41) is 11.8. The first kappa shape index (κ1) is 28.8. The van der Waals surface area contributed by atoms with Gasteiger partial charge in [-0.05, 0) is 52.2 Å². The summed E-state index contributed by atoms with van der Waals surface area (Å²) in [6, 6.07) is 6.06. The molecule has 1 aromatic heterocycles. The lowest BCUT2D eigenvalue weighted by molar-refractivity contribution is -0.123. The highest BCUT2D eigenvalue weighted by Gasteiger charge is 2.33. The predicted molar refractivity (Wildman–Crippen MR) is 142 cm³/mol. The molecule has 4 N–H and O–H groups in total. The molecule has 4 rings (SSSR count). The van der Waals surface area contributed by atoms with Crippen LogP contribution in [0, 0.1) is 35.7 Å². The summed E-state index contributed by atoms with van der Waals surface area (Å²) < 4.78 is 74.0. The quantitative estimate of drug-likeness (QED) is 0.286. The molecule has 14 heteroatoms. The normalized spacial score (nSPS) is 14.4. The Balaban J connectivity index is 1.64. The number of halogens is 3. The molecule has 0 spiro atoms. The zero-order chi connectivity index (χ0) is 29.2. The second kappa shape index (κ2) is 11.5. The van der Waals surface area contributed by atoms with Crippen molar-refractivity contribution >= 4 is 27.3 Å². The number of benzene rings is 2. The van der Waals surface area contributed by atoms with Crippen molar-refractivity contribution in [2.24, 2.45) is 0 Å². The molecule has 0 bridgehead atoms. The van der Waals surface area contributed by atoms with Gasteiger partial charge in [0.15, 0.2) is 11.6 Å². The number of carbonyl (C=O) groups is 1. The van der Waals surface area contributed by atoms with E-state index in [1.165, 1.54) is 19.2 Å². The number of pyridine rings is 1. The van der Waals surface area contributed by atoms with E-state index >= 15 is 8.78 Å². The number of amides is 1. The fourth-order valence-electron chi connectivity index (χ4n) is 4.21. The zero-order valence-electron chi connectivity index (χ0n) is 21.8. The molecule has 40 heavy (non-hydrogen) atoms. The third-order valence-electron chi connectivity index (χ3n) is 6.23. The first-order chi connectivity index (χ1) is 18.9. The summed E-state index contributed by atoms with van der Waals surface area (Å²) >= 11 is 0. The zero-order valence-corrected chi connectivity index (χ0v) is 22.6. The molecule has 10 nitrogen and oxygen atoms in total. The highest BCUT2D eigenvalue weighted by molar-refractivity contribution is 7.92. The van der Waals surface area contributed by atoms with Crippen LogP contribution in [0.4, 0.5) is 24.5 Å². The van der Waals surface area contributed by atoms with Gasteiger partial charge in [0.05, 0.1) is 28.2 Å². The van der Waals surface area contributed by atoms with E-state index in [0.717, 1.165) is 30.8 Å². The van der Waals surface area contributed by atoms with Crippen molar-refractivity contribution in [2.75, 3.05) is 37.3 Å². The second-order valence-electron chi connectivity index (χ2n) is 9.35. The van der Waals surface area contributed by atoms with Gasteiger partial charge in [-0.3, -0.25) is 14.5 Å². The number of nitrogens with one attached hydrogen (secondary N) is 4. The Morgan fingerprint density at radius 2 is 1.93 bits per heavy atom. The second-order valence-corrected chi connectivity index (χ2v) is 11.0. The molecule has 0 saturated carbocycles. The highest BCUT2D eigenvalue weighted by atomic mass is 32.2. The number of sulfonamides is 1. The van der Waals surface area contributed by atoms with Crippen LogP contribution in [-0.2, 0) is 14.8 Å². The number of carbonyl (C=O) groups excluding carboxylic acids is 1. The van der Waals surface area contributed by atoms with E-state index in [1.54, 1.807) is 6.07 Å². The molecule has 210 valence electrons. The van der Waals surface area contributed by atoms with Crippen LogP contribution in [0.3, 0.4) is 0 Å². The molecule has 2 aromatic carbocycles. The van der Waals surface area contributed by atoms with Crippen molar-refractivity contribution in [1.29, 1.82) is 5.26 Å². The van der Waals surface area contributed by atoms with Gasteiger partial charge < -0.3 is 15.6 Å². The standard InChI is InChI=1S/C26H26F3N7O3S/c1-14-20(11-15(12-30)13-32-14)40(38,39)35-19-8-7-18(27)21(23(19)29)16-5-6-17-24(22(16)28)33-34-25(17)26(37)31-9-4-10-36(2)3/h5-8,11,13,25,33-35H,4,9-10H2,1-3H3,(H,31,37). The fourth-order valence-corrected chi connectivity index (χ4v) is 5.49. The van der Waals surface area contributed by atoms with Gasteiger partial charge in [0.2, 0.25) is 5.91 Å². The van der Waals surface area contributed by atoms with Gasteiger partial charge in [0.1, 0.15) is 22.8 Å². The SMILES string of the molecule is Cc1ncc(C#N)cc1S(=O)(=O)Nc1ccc(F)c(-c2ccc3c(c2F)NNC3C(=O)NCCCN(C)C)c1F. The van der Waals surface area contributed by atoms with Crippen LogP contribution in [0.25, 0.3) is 11.1 Å². The average Bonchev–Trinajstić information content (AvgIpc) is 3.34. The van der Waals surface area contributed by atoms with Gasteiger partial charge in [0, 0.05) is 23.9 Å². The maximum absolute atomic E-state index is 15.6. The Kier molecular flexibility index (Phi) is 8.29. The molecule has 3 aromatic rings. The molecule has 1 aliphatic rings. The van der Waals surface area contributed by atoms with Crippen LogP contribution < -0.4 is 20.9 Å². The maximum Gasteiger partial charge on any atom is 0.263 e. The van der Waals surface area contributed by atoms with E-state index in [9.17, 15) is 17.6 Å². The summed E-state index contributed by atoms with van der Waals surface area (Å²) in [4.78, 5) is 18.1. The van der Waals surface area contributed by atoms with Crippen molar-refractivity contribution in [2.45, 2.75) is 24.3 Å². The molecule has 0 aliphatic carbocycles. The summed E-state index contributed by atoms with van der Waals surface area (Å²) in [5.41, 5.74) is 3.40. The minimum atomic E-state index is -4.45. The molecule has 1 atom stereocenters. The van der Waals surface area contributed by atoms with Crippen LogP contribution in [0.1, 0.15) is 29.3 Å². The van der Waals surface area contributed by atoms with Crippen molar-refractivity contribution in [3.8, 4) is 17.2 Å². The molecule has 1 unspecified atom stereocenters. The van der Waals surface area contributed by atoms with E-state index in [2.05, 4.69) is 21.2 Å². The third kappa shape index (κ3) is 5.71. The number of nitriles is 1. The number of hydrazine groups is 1. The van der Waals surface area contributed by atoms with E-state index in [0.29, 0.717) is 13.0 Å². The Morgan fingerprint density at radius 1 is 1.18 bits per heavy atom. The first-order valence-electron chi connectivity index (χ1n) is 12.1. The molecular formula is C26H26F3N7O3S. The molecule has 0 saturated heterocycles. The van der Waals surface area contributed by atoms with Crippen molar-refractivity contribution in [1.82, 2.24) is 20.6 Å². The monoisotopic (exact) mass is 573 g/mol. The minimum Gasteiger partial charge on any atom is -0.354 e. The number of rotatable bonds is 9. The van der Waals surface area contributed by atoms with Gasteiger partial charge in [-0.25, -0.2) is 27.0 Å². The fraction of sp³-hybridized carbons (Fsp3) is 0.269. The molecular weight excluding hydrogens is 547 g/mol. The van der Waals surface area contributed by atoms with Crippen LogP contribution >= 0.6 is 0 Å². The van der Waals surface area contributed by atoms with Crippen molar-refractivity contribution in [3.63, 3.8) is 0 Å². The Morgan fingerprint density at radius 3 is 2.62 bits per heavy atom. The number of aryl methyl sites for hydroxylation is 1. The van der Waals surface area contributed by atoms with Crippen molar-refractivity contribution in [3.05, 3.63) is 70.8 Å². The smallest absolute Gasteiger partial charge is 0.263 e. The number of aromatic nitrogens is 1. The van der Waals surface area contributed by atoms with Crippen LogP contribution in [0.15, 0.2) is 41.4 Å². The van der Waals surface area contributed by atoms with E-state index < -0.39 is 56.2 Å². The average molecular weight is 574 g/mol. The Hall–Kier alpha value is -4.19. The topological polar surface area (TPSA) is 139 Å². The lowest BCUT2D eigenvalue weighted by atomic mass is 9.97. The predicted octanol–water partition coefficient (Wildman–Crippen LogP) is 3.19. The lowest BCUT2D eigenvalue weighted by Gasteiger charge is -2.15. The summed E-state index contributed by atoms with van der Waals surface area (Å²) in [6.07, 6.45) is 1.89. The molecule has 0 fully saturated rings. The minimum absolute atomic E-state index is 0.0342. The van der Waals surface area contributed by atoms with Crippen LogP contribution in [0.2, 0.25) is 0 Å². The molecule has 0 radical (unpaired) electrons. The van der Waals surface area contributed by atoms with Gasteiger partial charge >= 0.3 is 0 Å². The van der Waals surface area contributed by atoms with Crippen molar-refractivity contribution < 1.29 is 26.4 Å². The summed E-state index contributed by atoms with van der Waals surface area (Å²) in [6.45, 7) is 2.56. The van der Waals surface area contributed by atoms with Gasteiger partial charge in [-0.2, -0.15) is 5.26 Å². The third-order valence-corrected chi connectivity index (χ3v) is 7.72. The number of nitrogens with zero attached hydrogens (tertiary/aromatic N) is 3. The lowest BCUT2D eigenvalue weighted by Crippen LogP contribution is -2.37. The van der Waals surface area contributed by atoms with Crippen LogP contribution in [0.5, 0.6) is 0 Å². The summed E-state index contributed by atoms with van der Waals surface area (Å²) in [5.74, 6) is -3.93. The maximum atomic E-state index is 15.6. The van der Waals surface area contributed by atoms with E-state index in [1.807, 2.05) is 23.7 Å². The van der Waals surface area contributed by atoms with E-state index in [-0.39, 0.29) is 27.4 Å². The first-order valence-corrected chi connectivity index (χ1v) is 13.6. The highest BCUT2D eigenvalue weighted by Crippen LogP contribution is 2.40.